The minimum atomic E-state index is -0.557. The van der Waals surface area contributed by atoms with Crippen LogP contribution in [0.3, 0.4) is 0 Å². The molecule has 0 aromatic rings. The molecule has 2 fully saturated rings. The zero-order valence-corrected chi connectivity index (χ0v) is 11.0. The molecule has 4 nitrogen and oxygen atoms in total. The van der Waals surface area contributed by atoms with E-state index in [9.17, 15) is 10.2 Å². The molecule has 0 unspecified atom stereocenters. The van der Waals surface area contributed by atoms with Crippen molar-refractivity contribution in [3.63, 3.8) is 0 Å². The van der Waals surface area contributed by atoms with Crippen LogP contribution >= 0.6 is 0 Å². The third-order valence-electron chi connectivity index (χ3n) is 4.18. The maximum absolute atomic E-state index is 10.2. The summed E-state index contributed by atoms with van der Waals surface area (Å²) in [4.78, 5) is 4.56. The van der Waals surface area contributed by atoms with Crippen molar-refractivity contribution in [3.8, 4) is 0 Å². The molecular weight excluding hydrogens is 216 g/mol. The Bertz CT molecular complexity index is 240. The largest absolute Gasteiger partial charge is 0.390 e. The van der Waals surface area contributed by atoms with Crippen LogP contribution in [0.5, 0.6) is 0 Å². The highest BCUT2D eigenvalue weighted by atomic mass is 16.3. The Kier molecular flexibility index (Phi) is 4.42. The molecule has 0 amide bonds. The fourth-order valence-electron chi connectivity index (χ4n) is 3.48. The van der Waals surface area contributed by atoms with Gasteiger partial charge in [-0.15, -0.1) is 0 Å². The highest BCUT2D eigenvalue weighted by molar-refractivity contribution is 4.98. The number of hydrogen-bond acceptors (Lipinski definition) is 4. The topological polar surface area (TPSA) is 46.9 Å². The average molecular weight is 242 g/mol. The van der Waals surface area contributed by atoms with Gasteiger partial charge in [-0.25, -0.2) is 0 Å². The Morgan fingerprint density at radius 1 is 1.12 bits per heavy atom. The van der Waals surface area contributed by atoms with Crippen molar-refractivity contribution in [2.24, 2.45) is 5.92 Å². The Balaban J connectivity index is 2.03. The molecule has 0 aromatic heterocycles. The fourth-order valence-corrected chi connectivity index (χ4v) is 3.48. The van der Waals surface area contributed by atoms with E-state index in [1.54, 1.807) is 0 Å². The van der Waals surface area contributed by atoms with E-state index < -0.39 is 12.2 Å². The molecule has 0 bridgehead atoms. The predicted octanol–water partition coefficient (Wildman–Crippen LogP) is 0.144. The Morgan fingerprint density at radius 3 is 2.35 bits per heavy atom. The zero-order chi connectivity index (χ0) is 12.4. The molecule has 0 spiro atoms. The molecule has 1 aliphatic heterocycles. The van der Waals surface area contributed by atoms with Crippen LogP contribution in [0, 0.1) is 5.92 Å². The molecular formula is C13H26N2O2. The lowest BCUT2D eigenvalue weighted by molar-refractivity contribution is -0.0115. The summed E-state index contributed by atoms with van der Waals surface area (Å²) in [6.07, 6.45) is 3.41. The van der Waals surface area contributed by atoms with Crippen molar-refractivity contribution in [3.05, 3.63) is 0 Å². The number of aliphatic hydroxyl groups excluding tert-OH is 2. The maximum Gasteiger partial charge on any atom is 0.0957 e. The van der Waals surface area contributed by atoms with E-state index in [4.69, 9.17) is 0 Å². The van der Waals surface area contributed by atoms with Crippen molar-refractivity contribution in [2.45, 2.75) is 43.9 Å². The first-order valence-electron chi connectivity index (χ1n) is 6.84. The van der Waals surface area contributed by atoms with Gasteiger partial charge in [-0.1, -0.05) is 6.42 Å². The smallest absolute Gasteiger partial charge is 0.0957 e. The van der Waals surface area contributed by atoms with Crippen LogP contribution in [0.4, 0.5) is 0 Å². The molecule has 1 aliphatic carbocycles. The second-order valence-corrected chi connectivity index (χ2v) is 5.90. The number of nitrogens with zero attached hydrogens (tertiary/aromatic N) is 2. The third-order valence-corrected chi connectivity index (χ3v) is 4.18. The molecule has 1 saturated carbocycles. The average Bonchev–Trinajstić information content (AvgIpc) is 2.55. The minimum absolute atomic E-state index is 0.160. The fraction of sp³-hybridized carbons (Fsp3) is 1.00. The monoisotopic (exact) mass is 242 g/mol. The van der Waals surface area contributed by atoms with Gasteiger partial charge in [0.15, 0.2) is 0 Å². The van der Waals surface area contributed by atoms with E-state index in [-0.39, 0.29) is 6.04 Å². The van der Waals surface area contributed by atoms with Gasteiger partial charge in [0, 0.05) is 12.6 Å². The molecule has 2 aliphatic rings. The van der Waals surface area contributed by atoms with Gasteiger partial charge in [0.2, 0.25) is 0 Å². The minimum Gasteiger partial charge on any atom is -0.390 e. The molecule has 1 saturated heterocycles. The lowest BCUT2D eigenvalue weighted by Gasteiger charge is -2.38. The SMILES string of the molecule is CN(C)C[C@@H]1C[C@H](O)[C@H](O)[C@H]1N1CCCCC1. The van der Waals surface area contributed by atoms with Gasteiger partial charge >= 0.3 is 0 Å². The summed E-state index contributed by atoms with van der Waals surface area (Å²) in [5.74, 6) is 0.396. The van der Waals surface area contributed by atoms with Gasteiger partial charge in [0.1, 0.15) is 0 Å². The van der Waals surface area contributed by atoms with E-state index in [1.165, 1.54) is 19.3 Å². The standard InChI is InChI=1S/C13H26N2O2/c1-14(2)9-10-8-11(16)13(17)12(10)15-6-4-3-5-7-15/h10-13,16-17H,3-9H2,1-2H3/t10-,11-,12-,13-/m0/s1. The van der Waals surface area contributed by atoms with Crippen LogP contribution in [0.25, 0.3) is 0 Å². The molecule has 17 heavy (non-hydrogen) atoms. The summed E-state index contributed by atoms with van der Waals surface area (Å²) in [5.41, 5.74) is 0. The van der Waals surface area contributed by atoms with Crippen LogP contribution in [0.15, 0.2) is 0 Å². The summed E-state index contributed by atoms with van der Waals surface area (Å²) in [6, 6.07) is 0.160. The first kappa shape index (κ1) is 13.3. The summed E-state index contributed by atoms with van der Waals surface area (Å²) in [5, 5.41) is 20.1. The molecule has 100 valence electrons. The normalized spacial score (nSPS) is 40.1. The van der Waals surface area contributed by atoms with Crippen LogP contribution in [-0.2, 0) is 0 Å². The van der Waals surface area contributed by atoms with Crippen LogP contribution in [0.2, 0.25) is 0 Å². The van der Waals surface area contributed by atoms with Crippen molar-refractivity contribution in [2.75, 3.05) is 33.7 Å². The number of likely N-dealkylation sites (tertiary alicyclic amines) is 1. The van der Waals surface area contributed by atoms with E-state index in [0.29, 0.717) is 5.92 Å². The molecule has 2 N–H and O–H groups in total. The highest BCUT2D eigenvalue weighted by Gasteiger charge is 2.44. The molecule has 2 rings (SSSR count). The van der Waals surface area contributed by atoms with Gasteiger partial charge in [-0.2, -0.15) is 0 Å². The molecule has 0 aromatic carbocycles. The van der Waals surface area contributed by atoms with Crippen molar-refractivity contribution in [1.82, 2.24) is 9.80 Å². The first-order chi connectivity index (χ1) is 8.09. The summed E-state index contributed by atoms with van der Waals surface area (Å²) < 4.78 is 0. The zero-order valence-electron chi connectivity index (χ0n) is 11.0. The third kappa shape index (κ3) is 2.99. The van der Waals surface area contributed by atoms with Gasteiger partial charge in [-0.05, 0) is 52.4 Å². The number of hydrogen-bond donors (Lipinski definition) is 2. The van der Waals surface area contributed by atoms with Crippen LogP contribution in [0.1, 0.15) is 25.7 Å². The summed E-state index contributed by atoms with van der Waals surface area (Å²) >= 11 is 0. The summed E-state index contributed by atoms with van der Waals surface area (Å²) in [6.45, 7) is 3.12. The molecule has 4 heteroatoms. The van der Waals surface area contributed by atoms with Gasteiger partial charge in [-0.3, -0.25) is 4.90 Å². The van der Waals surface area contributed by atoms with Crippen LogP contribution < -0.4 is 0 Å². The second kappa shape index (κ2) is 5.65. The highest BCUT2D eigenvalue weighted by Crippen LogP contribution is 2.32. The number of rotatable bonds is 3. The molecule has 1 heterocycles. The Morgan fingerprint density at radius 2 is 1.76 bits per heavy atom. The molecule has 0 radical (unpaired) electrons. The lowest BCUT2D eigenvalue weighted by Crippen LogP contribution is -2.49. The van der Waals surface area contributed by atoms with Gasteiger partial charge in [0.05, 0.1) is 12.2 Å². The van der Waals surface area contributed by atoms with Crippen molar-refractivity contribution in [1.29, 1.82) is 0 Å². The lowest BCUT2D eigenvalue weighted by atomic mass is 9.98. The maximum atomic E-state index is 10.2. The van der Waals surface area contributed by atoms with Crippen molar-refractivity contribution >= 4 is 0 Å². The van der Waals surface area contributed by atoms with E-state index >= 15 is 0 Å². The number of piperidine rings is 1. The van der Waals surface area contributed by atoms with Crippen LogP contribution in [-0.4, -0.2) is 72.0 Å². The molecule has 4 atom stereocenters. The number of aliphatic hydroxyl groups is 2. The van der Waals surface area contributed by atoms with E-state index in [0.717, 1.165) is 26.1 Å². The van der Waals surface area contributed by atoms with E-state index in [1.807, 2.05) is 0 Å². The quantitative estimate of drug-likeness (QED) is 0.739. The first-order valence-corrected chi connectivity index (χ1v) is 6.84. The predicted molar refractivity (Wildman–Crippen MR) is 67.9 cm³/mol. The summed E-state index contributed by atoms with van der Waals surface area (Å²) in [7, 11) is 4.12. The van der Waals surface area contributed by atoms with Gasteiger partial charge < -0.3 is 15.1 Å². The van der Waals surface area contributed by atoms with E-state index in [2.05, 4.69) is 23.9 Å². The Hall–Kier alpha value is -0.160. The second-order valence-electron chi connectivity index (χ2n) is 5.90. The Labute approximate surface area is 104 Å². The van der Waals surface area contributed by atoms with Crippen molar-refractivity contribution < 1.29 is 10.2 Å². The van der Waals surface area contributed by atoms with Gasteiger partial charge in [0.25, 0.3) is 0 Å².